The SMILES string of the molecule is CC1CCN(C)C(=O)C(CC(=O)O)N1C1CC1. The van der Waals surface area contributed by atoms with E-state index in [0.29, 0.717) is 12.1 Å². The maximum absolute atomic E-state index is 12.2. The highest BCUT2D eigenvalue weighted by molar-refractivity contribution is 5.86. The quantitative estimate of drug-likeness (QED) is 0.782. The van der Waals surface area contributed by atoms with Gasteiger partial charge < -0.3 is 10.0 Å². The Hall–Kier alpha value is -1.10. The molecule has 0 spiro atoms. The second-order valence-corrected chi connectivity index (χ2v) is 5.19. The molecular weight excluding hydrogens is 220 g/mol. The van der Waals surface area contributed by atoms with Gasteiger partial charge in [0.2, 0.25) is 5.91 Å². The van der Waals surface area contributed by atoms with Crippen molar-refractivity contribution >= 4 is 11.9 Å². The molecule has 0 aromatic carbocycles. The molecule has 5 nitrogen and oxygen atoms in total. The van der Waals surface area contributed by atoms with Gasteiger partial charge in [0.15, 0.2) is 0 Å². The van der Waals surface area contributed by atoms with Crippen molar-refractivity contribution in [2.45, 2.75) is 50.7 Å². The van der Waals surface area contributed by atoms with E-state index in [1.54, 1.807) is 11.9 Å². The van der Waals surface area contributed by atoms with Crippen LogP contribution in [-0.2, 0) is 9.59 Å². The second kappa shape index (κ2) is 4.64. The molecule has 1 N–H and O–H groups in total. The molecule has 1 saturated heterocycles. The summed E-state index contributed by atoms with van der Waals surface area (Å²) in [6, 6.07) is 0.244. The number of aliphatic carboxylic acids is 1. The molecule has 0 aromatic heterocycles. The van der Waals surface area contributed by atoms with E-state index >= 15 is 0 Å². The Morgan fingerprint density at radius 2 is 2.06 bits per heavy atom. The molecule has 1 heterocycles. The minimum Gasteiger partial charge on any atom is -0.481 e. The monoisotopic (exact) mass is 240 g/mol. The fourth-order valence-corrected chi connectivity index (χ4v) is 2.67. The van der Waals surface area contributed by atoms with Crippen molar-refractivity contribution < 1.29 is 14.7 Å². The molecule has 2 rings (SSSR count). The van der Waals surface area contributed by atoms with Gasteiger partial charge in [0.05, 0.1) is 6.42 Å². The summed E-state index contributed by atoms with van der Waals surface area (Å²) >= 11 is 0. The lowest BCUT2D eigenvalue weighted by Crippen LogP contribution is -2.49. The van der Waals surface area contributed by atoms with Crippen LogP contribution in [0.3, 0.4) is 0 Å². The first-order valence-corrected chi connectivity index (χ1v) is 6.25. The fraction of sp³-hybridized carbons (Fsp3) is 0.833. The molecule has 2 aliphatic rings. The molecule has 17 heavy (non-hydrogen) atoms. The third kappa shape index (κ3) is 2.60. The smallest absolute Gasteiger partial charge is 0.305 e. The molecule has 1 aliphatic carbocycles. The Kier molecular flexibility index (Phi) is 3.38. The Labute approximate surface area is 101 Å². The van der Waals surface area contributed by atoms with Crippen molar-refractivity contribution in [2.75, 3.05) is 13.6 Å². The number of carboxylic acids is 1. The summed E-state index contributed by atoms with van der Waals surface area (Å²) in [5.41, 5.74) is 0. The lowest BCUT2D eigenvalue weighted by Gasteiger charge is -2.32. The molecular formula is C12H20N2O3. The van der Waals surface area contributed by atoms with Gasteiger partial charge in [0.25, 0.3) is 0 Å². The molecule has 2 fully saturated rings. The number of nitrogens with zero attached hydrogens (tertiary/aromatic N) is 2. The summed E-state index contributed by atoms with van der Waals surface area (Å²) in [7, 11) is 1.76. The molecule has 2 atom stereocenters. The second-order valence-electron chi connectivity index (χ2n) is 5.19. The largest absolute Gasteiger partial charge is 0.481 e. The molecule has 5 heteroatoms. The average molecular weight is 240 g/mol. The highest BCUT2D eigenvalue weighted by atomic mass is 16.4. The summed E-state index contributed by atoms with van der Waals surface area (Å²) in [6.07, 6.45) is 3.04. The van der Waals surface area contributed by atoms with Gasteiger partial charge >= 0.3 is 5.97 Å². The van der Waals surface area contributed by atoms with Gasteiger partial charge in [-0.1, -0.05) is 0 Å². The van der Waals surface area contributed by atoms with Gasteiger partial charge in [0, 0.05) is 25.7 Å². The minimum absolute atomic E-state index is 0.0383. The summed E-state index contributed by atoms with van der Waals surface area (Å²) in [5, 5.41) is 8.97. The Balaban J connectivity index is 2.22. The van der Waals surface area contributed by atoms with E-state index in [1.807, 2.05) is 0 Å². The number of rotatable bonds is 3. The predicted octanol–water partition coefficient (Wildman–Crippen LogP) is 0.545. The van der Waals surface area contributed by atoms with Gasteiger partial charge in [-0.05, 0) is 26.2 Å². The van der Waals surface area contributed by atoms with Crippen molar-refractivity contribution in [3.05, 3.63) is 0 Å². The van der Waals surface area contributed by atoms with E-state index in [9.17, 15) is 9.59 Å². The predicted molar refractivity (Wildman–Crippen MR) is 62.6 cm³/mol. The topological polar surface area (TPSA) is 60.9 Å². The Morgan fingerprint density at radius 1 is 1.41 bits per heavy atom. The van der Waals surface area contributed by atoms with Crippen LogP contribution in [0.5, 0.6) is 0 Å². The van der Waals surface area contributed by atoms with Crippen LogP contribution in [0.2, 0.25) is 0 Å². The average Bonchev–Trinajstić information content (AvgIpc) is 3.06. The zero-order valence-corrected chi connectivity index (χ0v) is 10.4. The maximum Gasteiger partial charge on any atom is 0.305 e. The zero-order chi connectivity index (χ0) is 12.6. The summed E-state index contributed by atoms with van der Waals surface area (Å²) in [4.78, 5) is 26.9. The summed E-state index contributed by atoms with van der Waals surface area (Å²) in [6.45, 7) is 2.82. The van der Waals surface area contributed by atoms with Crippen LogP contribution in [0.4, 0.5) is 0 Å². The van der Waals surface area contributed by atoms with Crippen LogP contribution < -0.4 is 0 Å². The Morgan fingerprint density at radius 3 is 2.59 bits per heavy atom. The lowest BCUT2D eigenvalue weighted by atomic mass is 10.1. The van der Waals surface area contributed by atoms with E-state index in [0.717, 1.165) is 25.8 Å². The summed E-state index contributed by atoms with van der Waals surface area (Å²) in [5.74, 6) is -0.930. The first-order chi connectivity index (χ1) is 8.00. The van der Waals surface area contributed by atoms with Crippen LogP contribution >= 0.6 is 0 Å². The normalized spacial score (nSPS) is 31.4. The minimum atomic E-state index is -0.892. The van der Waals surface area contributed by atoms with Crippen molar-refractivity contribution in [2.24, 2.45) is 0 Å². The highest BCUT2D eigenvalue weighted by Gasteiger charge is 2.43. The van der Waals surface area contributed by atoms with E-state index in [-0.39, 0.29) is 12.3 Å². The molecule has 0 bridgehead atoms. The van der Waals surface area contributed by atoms with Crippen LogP contribution in [0, 0.1) is 0 Å². The lowest BCUT2D eigenvalue weighted by molar-refractivity contribution is -0.144. The van der Waals surface area contributed by atoms with E-state index in [2.05, 4.69) is 11.8 Å². The van der Waals surface area contributed by atoms with Gasteiger partial charge in [-0.3, -0.25) is 14.5 Å². The molecule has 96 valence electrons. The maximum atomic E-state index is 12.2. The van der Waals surface area contributed by atoms with Gasteiger partial charge in [-0.15, -0.1) is 0 Å². The van der Waals surface area contributed by atoms with Crippen molar-refractivity contribution in [1.82, 2.24) is 9.80 Å². The number of carbonyl (C=O) groups is 2. The van der Waals surface area contributed by atoms with Crippen LogP contribution in [-0.4, -0.2) is 58.5 Å². The zero-order valence-electron chi connectivity index (χ0n) is 10.4. The number of hydrogen-bond donors (Lipinski definition) is 1. The van der Waals surface area contributed by atoms with Crippen LogP contribution in [0.1, 0.15) is 32.6 Å². The number of hydrogen-bond acceptors (Lipinski definition) is 3. The Bertz CT molecular complexity index is 328. The molecule has 1 saturated carbocycles. The number of amides is 1. The first-order valence-electron chi connectivity index (χ1n) is 6.25. The first kappa shape index (κ1) is 12.4. The number of carbonyl (C=O) groups excluding carboxylic acids is 1. The molecule has 1 aliphatic heterocycles. The van der Waals surface area contributed by atoms with Gasteiger partial charge in [0.1, 0.15) is 6.04 Å². The number of likely N-dealkylation sites (N-methyl/N-ethyl adjacent to an activating group) is 1. The molecule has 1 amide bonds. The molecule has 0 radical (unpaired) electrons. The standard InChI is InChI=1S/C12H20N2O3/c1-8-5-6-13(2)12(17)10(7-11(15)16)14(8)9-3-4-9/h8-10H,3-7H2,1-2H3,(H,15,16). The molecule has 2 unspecified atom stereocenters. The van der Waals surface area contributed by atoms with Crippen LogP contribution in [0.25, 0.3) is 0 Å². The molecule has 0 aromatic rings. The van der Waals surface area contributed by atoms with Crippen LogP contribution in [0.15, 0.2) is 0 Å². The highest BCUT2D eigenvalue weighted by Crippen LogP contribution is 2.34. The van der Waals surface area contributed by atoms with Gasteiger partial charge in [-0.2, -0.15) is 0 Å². The van der Waals surface area contributed by atoms with E-state index in [4.69, 9.17) is 5.11 Å². The number of carboxylic acid groups (broad SMARTS) is 1. The van der Waals surface area contributed by atoms with Crippen molar-refractivity contribution in [1.29, 1.82) is 0 Å². The van der Waals surface area contributed by atoms with Crippen molar-refractivity contribution in [3.63, 3.8) is 0 Å². The third-order valence-electron chi connectivity index (χ3n) is 3.75. The van der Waals surface area contributed by atoms with E-state index in [1.165, 1.54) is 0 Å². The third-order valence-corrected chi connectivity index (χ3v) is 3.75. The fourth-order valence-electron chi connectivity index (χ4n) is 2.67. The van der Waals surface area contributed by atoms with Gasteiger partial charge in [-0.25, -0.2) is 0 Å². The van der Waals surface area contributed by atoms with E-state index < -0.39 is 12.0 Å². The summed E-state index contributed by atoms with van der Waals surface area (Å²) < 4.78 is 0. The van der Waals surface area contributed by atoms with Crippen molar-refractivity contribution in [3.8, 4) is 0 Å².